The zero-order chi connectivity index (χ0) is 11.3. The number of aliphatic carboxylic acids is 1. The van der Waals surface area contributed by atoms with E-state index in [4.69, 9.17) is 5.11 Å². The first kappa shape index (κ1) is 12.0. The Morgan fingerprint density at radius 1 is 1.47 bits per heavy atom. The Hall–Kier alpha value is -1.10. The standard InChI is InChI=1S/C10H18N2O3/c1-2-3-4-11-9(13)7-12-5-8(6-12)10(14)15/h8H,2-7H2,1H3,(H,11,13)(H,14,15). The lowest BCUT2D eigenvalue weighted by molar-refractivity contribution is -0.148. The molecule has 0 atom stereocenters. The number of carboxylic acid groups (broad SMARTS) is 1. The molecule has 1 heterocycles. The van der Waals surface area contributed by atoms with E-state index in [1.807, 2.05) is 4.90 Å². The van der Waals surface area contributed by atoms with Crippen LogP contribution in [0.5, 0.6) is 0 Å². The Balaban J connectivity index is 2.06. The highest BCUT2D eigenvalue weighted by molar-refractivity contribution is 5.78. The second kappa shape index (κ2) is 5.70. The summed E-state index contributed by atoms with van der Waals surface area (Å²) in [5, 5.41) is 11.4. The summed E-state index contributed by atoms with van der Waals surface area (Å²) in [6, 6.07) is 0. The predicted octanol–water partition coefficient (Wildman–Crippen LogP) is -0.0809. The van der Waals surface area contributed by atoms with Crippen LogP contribution in [0.25, 0.3) is 0 Å². The van der Waals surface area contributed by atoms with Gasteiger partial charge in [-0.1, -0.05) is 13.3 Å². The van der Waals surface area contributed by atoms with Crippen LogP contribution in [0.15, 0.2) is 0 Å². The quantitative estimate of drug-likeness (QED) is 0.607. The summed E-state index contributed by atoms with van der Waals surface area (Å²) < 4.78 is 0. The van der Waals surface area contributed by atoms with Crippen molar-refractivity contribution in [2.45, 2.75) is 19.8 Å². The molecule has 0 bridgehead atoms. The topological polar surface area (TPSA) is 69.6 Å². The van der Waals surface area contributed by atoms with E-state index in [0.717, 1.165) is 12.8 Å². The summed E-state index contributed by atoms with van der Waals surface area (Å²) in [4.78, 5) is 23.6. The first-order valence-electron chi connectivity index (χ1n) is 5.35. The number of hydrogen-bond donors (Lipinski definition) is 2. The molecule has 1 fully saturated rings. The van der Waals surface area contributed by atoms with Crippen LogP contribution in [0.4, 0.5) is 0 Å². The molecule has 0 spiro atoms. The fourth-order valence-electron chi connectivity index (χ4n) is 1.52. The molecule has 2 N–H and O–H groups in total. The van der Waals surface area contributed by atoms with Gasteiger partial charge in [-0.2, -0.15) is 0 Å². The first-order chi connectivity index (χ1) is 7.13. The van der Waals surface area contributed by atoms with Crippen LogP contribution in [0.2, 0.25) is 0 Å². The van der Waals surface area contributed by atoms with E-state index in [0.29, 0.717) is 26.2 Å². The summed E-state index contributed by atoms with van der Waals surface area (Å²) in [5.74, 6) is -1.06. The first-order valence-corrected chi connectivity index (χ1v) is 5.35. The number of rotatable bonds is 6. The van der Waals surface area contributed by atoms with Gasteiger partial charge in [-0.3, -0.25) is 14.5 Å². The number of unbranched alkanes of at least 4 members (excludes halogenated alkanes) is 1. The van der Waals surface area contributed by atoms with E-state index in [1.54, 1.807) is 0 Å². The molecule has 5 heteroatoms. The van der Waals surface area contributed by atoms with Gasteiger partial charge in [-0.15, -0.1) is 0 Å². The second-order valence-electron chi connectivity index (χ2n) is 3.93. The van der Waals surface area contributed by atoms with E-state index >= 15 is 0 Å². The lowest BCUT2D eigenvalue weighted by Crippen LogP contribution is -2.53. The molecule has 5 nitrogen and oxygen atoms in total. The highest BCUT2D eigenvalue weighted by atomic mass is 16.4. The molecule has 0 saturated carbocycles. The molecular weight excluding hydrogens is 196 g/mol. The minimum atomic E-state index is -0.766. The SMILES string of the molecule is CCCCNC(=O)CN1CC(C(=O)O)C1. The monoisotopic (exact) mass is 214 g/mol. The van der Waals surface area contributed by atoms with Gasteiger partial charge in [-0.25, -0.2) is 0 Å². The molecule has 1 saturated heterocycles. The van der Waals surface area contributed by atoms with Gasteiger partial charge in [0.25, 0.3) is 0 Å². The second-order valence-corrected chi connectivity index (χ2v) is 3.93. The van der Waals surface area contributed by atoms with Crippen LogP contribution in [0.3, 0.4) is 0 Å². The van der Waals surface area contributed by atoms with Gasteiger partial charge in [0.2, 0.25) is 5.91 Å². The average Bonchev–Trinajstić information content (AvgIpc) is 2.10. The van der Waals surface area contributed by atoms with Crippen molar-refractivity contribution in [2.75, 3.05) is 26.2 Å². The smallest absolute Gasteiger partial charge is 0.309 e. The van der Waals surface area contributed by atoms with Gasteiger partial charge in [0, 0.05) is 19.6 Å². The molecule has 1 rings (SSSR count). The van der Waals surface area contributed by atoms with Crippen LogP contribution in [0, 0.1) is 5.92 Å². The van der Waals surface area contributed by atoms with Crippen LogP contribution in [0.1, 0.15) is 19.8 Å². The van der Waals surface area contributed by atoms with Gasteiger partial charge in [0.1, 0.15) is 0 Å². The molecular formula is C10H18N2O3. The Labute approximate surface area is 89.4 Å². The largest absolute Gasteiger partial charge is 0.481 e. The van der Waals surface area contributed by atoms with Gasteiger partial charge >= 0.3 is 5.97 Å². The number of nitrogens with zero attached hydrogens (tertiary/aromatic N) is 1. The molecule has 0 aromatic heterocycles. The Morgan fingerprint density at radius 2 is 2.13 bits per heavy atom. The third-order valence-corrected chi connectivity index (χ3v) is 2.53. The maximum absolute atomic E-state index is 11.3. The molecule has 0 aliphatic carbocycles. The predicted molar refractivity (Wildman–Crippen MR) is 55.5 cm³/mol. The number of amides is 1. The molecule has 1 aliphatic rings. The van der Waals surface area contributed by atoms with E-state index in [-0.39, 0.29) is 11.8 Å². The number of hydrogen-bond acceptors (Lipinski definition) is 3. The third kappa shape index (κ3) is 3.87. The summed E-state index contributed by atoms with van der Waals surface area (Å²) in [7, 11) is 0. The van der Waals surface area contributed by atoms with Gasteiger partial charge in [0.15, 0.2) is 0 Å². The molecule has 0 radical (unpaired) electrons. The van der Waals surface area contributed by atoms with Crippen molar-refractivity contribution in [1.82, 2.24) is 10.2 Å². The Morgan fingerprint density at radius 3 is 2.67 bits per heavy atom. The third-order valence-electron chi connectivity index (χ3n) is 2.53. The zero-order valence-corrected chi connectivity index (χ0v) is 9.03. The van der Waals surface area contributed by atoms with Crippen molar-refractivity contribution < 1.29 is 14.7 Å². The van der Waals surface area contributed by atoms with Crippen LogP contribution in [-0.2, 0) is 9.59 Å². The normalized spacial score (nSPS) is 17.1. The Kier molecular flexibility index (Phi) is 4.55. The fourth-order valence-corrected chi connectivity index (χ4v) is 1.52. The molecule has 15 heavy (non-hydrogen) atoms. The molecule has 0 aromatic carbocycles. The highest BCUT2D eigenvalue weighted by Crippen LogP contribution is 2.14. The zero-order valence-electron chi connectivity index (χ0n) is 9.03. The van der Waals surface area contributed by atoms with E-state index in [2.05, 4.69) is 12.2 Å². The maximum atomic E-state index is 11.3. The van der Waals surface area contributed by atoms with Crippen molar-refractivity contribution in [3.8, 4) is 0 Å². The van der Waals surface area contributed by atoms with Crippen molar-refractivity contribution in [3.63, 3.8) is 0 Å². The van der Waals surface area contributed by atoms with Gasteiger partial charge in [-0.05, 0) is 6.42 Å². The molecule has 1 amide bonds. The number of nitrogens with one attached hydrogen (secondary N) is 1. The molecule has 0 aromatic rings. The van der Waals surface area contributed by atoms with Crippen molar-refractivity contribution in [3.05, 3.63) is 0 Å². The maximum Gasteiger partial charge on any atom is 0.309 e. The van der Waals surface area contributed by atoms with Crippen molar-refractivity contribution in [2.24, 2.45) is 5.92 Å². The summed E-state index contributed by atoms with van der Waals surface area (Å²) >= 11 is 0. The minimum absolute atomic E-state index is 0.00714. The van der Waals surface area contributed by atoms with E-state index < -0.39 is 5.97 Å². The van der Waals surface area contributed by atoms with Gasteiger partial charge < -0.3 is 10.4 Å². The van der Waals surface area contributed by atoms with Crippen molar-refractivity contribution >= 4 is 11.9 Å². The van der Waals surface area contributed by atoms with Crippen molar-refractivity contribution in [1.29, 1.82) is 0 Å². The number of carboxylic acids is 1. The highest BCUT2D eigenvalue weighted by Gasteiger charge is 2.33. The Bertz CT molecular complexity index is 237. The molecule has 0 unspecified atom stereocenters. The van der Waals surface area contributed by atoms with E-state index in [9.17, 15) is 9.59 Å². The van der Waals surface area contributed by atoms with Crippen LogP contribution >= 0.6 is 0 Å². The summed E-state index contributed by atoms with van der Waals surface area (Å²) in [5.41, 5.74) is 0. The lowest BCUT2D eigenvalue weighted by Gasteiger charge is -2.35. The minimum Gasteiger partial charge on any atom is -0.481 e. The number of likely N-dealkylation sites (tertiary alicyclic amines) is 1. The fraction of sp³-hybridized carbons (Fsp3) is 0.800. The summed E-state index contributed by atoms with van der Waals surface area (Å²) in [6.07, 6.45) is 2.05. The molecule has 86 valence electrons. The summed E-state index contributed by atoms with van der Waals surface area (Å²) in [6.45, 7) is 4.10. The van der Waals surface area contributed by atoms with Crippen LogP contribution < -0.4 is 5.32 Å². The van der Waals surface area contributed by atoms with Gasteiger partial charge in [0.05, 0.1) is 12.5 Å². The number of carbonyl (C=O) groups excluding carboxylic acids is 1. The molecule has 1 aliphatic heterocycles. The van der Waals surface area contributed by atoms with Crippen LogP contribution in [-0.4, -0.2) is 48.1 Å². The lowest BCUT2D eigenvalue weighted by atomic mass is 10.0. The number of carbonyl (C=O) groups is 2. The average molecular weight is 214 g/mol. The van der Waals surface area contributed by atoms with E-state index in [1.165, 1.54) is 0 Å².